The molecule has 1 aliphatic heterocycles. The zero-order valence-electron chi connectivity index (χ0n) is 16.2. The quantitative estimate of drug-likeness (QED) is 0.637. The molecule has 0 aliphatic carbocycles. The number of aromatic nitrogens is 2. The van der Waals surface area contributed by atoms with Gasteiger partial charge >= 0.3 is 5.97 Å². The first-order valence-corrected chi connectivity index (χ1v) is 9.78. The van der Waals surface area contributed by atoms with Gasteiger partial charge in [-0.25, -0.2) is 23.5 Å². The molecule has 29 heavy (non-hydrogen) atoms. The molecule has 3 rings (SSSR count). The Morgan fingerprint density at radius 1 is 1.10 bits per heavy atom. The van der Waals surface area contributed by atoms with Crippen LogP contribution in [0, 0.1) is 17.6 Å². The molecule has 0 spiro atoms. The molecular weight excluding hydrogens is 382 g/mol. The summed E-state index contributed by atoms with van der Waals surface area (Å²) in [5.74, 6) is -3.25. The molecule has 0 amide bonds. The lowest BCUT2D eigenvalue weighted by molar-refractivity contribution is -0.207. The number of aromatic carboxylic acids is 1. The van der Waals surface area contributed by atoms with E-state index in [0.717, 1.165) is 25.2 Å². The van der Waals surface area contributed by atoms with E-state index in [1.807, 2.05) is 0 Å². The van der Waals surface area contributed by atoms with Crippen LogP contribution in [0.25, 0.3) is 11.4 Å². The summed E-state index contributed by atoms with van der Waals surface area (Å²) in [6.45, 7) is 3.05. The third-order valence-electron chi connectivity index (χ3n) is 4.94. The third-order valence-corrected chi connectivity index (χ3v) is 4.94. The van der Waals surface area contributed by atoms with E-state index < -0.39 is 23.9 Å². The Morgan fingerprint density at radius 2 is 1.79 bits per heavy atom. The molecule has 6 nitrogen and oxygen atoms in total. The van der Waals surface area contributed by atoms with E-state index in [4.69, 9.17) is 14.6 Å². The van der Waals surface area contributed by atoms with Gasteiger partial charge in [0, 0.05) is 23.9 Å². The Morgan fingerprint density at radius 3 is 2.41 bits per heavy atom. The van der Waals surface area contributed by atoms with E-state index in [2.05, 4.69) is 16.9 Å². The first kappa shape index (κ1) is 21.3. The van der Waals surface area contributed by atoms with Crippen molar-refractivity contribution in [3.05, 3.63) is 47.3 Å². The number of benzene rings is 1. The van der Waals surface area contributed by atoms with Crippen LogP contribution in [0.4, 0.5) is 8.78 Å². The van der Waals surface area contributed by atoms with Crippen LogP contribution in [-0.2, 0) is 9.47 Å². The van der Waals surface area contributed by atoms with Crippen LogP contribution in [-0.4, -0.2) is 34.3 Å². The predicted molar refractivity (Wildman–Crippen MR) is 101 cm³/mol. The van der Waals surface area contributed by atoms with Gasteiger partial charge in [-0.1, -0.05) is 38.7 Å². The summed E-state index contributed by atoms with van der Waals surface area (Å²) in [7, 11) is 0. The maximum Gasteiger partial charge on any atom is 0.338 e. The molecule has 2 aromatic rings. The third kappa shape index (κ3) is 5.13. The number of ether oxygens (including phenoxy) is 2. The first-order valence-electron chi connectivity index (χ1n) is 9.78. The molecule has 1 N–H and O–H groups in total. The highest BCUT2D eigenvalue weighted by Crippen LogP contribution is 2.32. The van der Waals surface area contributed by atoms with Gasteiger partial charge in [-0.15, -0.1) is 0 Å². The SMILES string of the molecule is CCCCCCC1COC(c2ccc(-c3ncc(C(=O)O)cn3)c(F)c2F)OC1. The summed E-state index contributed by atoms with van der Waals surface area (Å²) in [5.41, 5.74) is -0.315. The number of carboxylic acid groups (broad SMARTS) is 1. The summed E-state index contributed by atoms with van der Waals surface area (Å²) in [6, 6.07) is 2.72. The summed E-state index contributed by atoms with van der Waals surface area (Å²) in [6.07, 6.45) is 6.79. The molecule has 1 aromatic heterocycles. The molecule has 2 heterocycles. The Balaban J connectivity index is 1.66. The largest absolute Gasteiger partial charge is 0.478 e. The molecule has 0 atom stereocenters. The van der Waals surface area contributed by atoms with E-state index in [-0.39, 0.29) is 28.4 Å². The van der Waals surface area contributed by atoms with Gasteiger partial charge in [-0.05, 0) is 12.5 Å². The van der Waals surface area contributed by atoms with Crippen LogP contribution < -0.4 is 0 Å². The van der Waals surface area contributed by atoms with Crippen molar-refractivity contribution in [1.82, 2.24) is 9.97 Å². The average Bonchev–Trinajstić information content (AvgIpc) is 2.74. The predicted octanol–water partition coefficient (Wildman–Crippen LogP) is 4.75. The van der Waals surface area contributed by atoms with Gasteiger partial charge in [-0.2, -0.15) is 0 Å². The lowest BCUT2D eigenvalue weighted by atomic mass is 10.0. The van der Waals surface area contributed by atoms with Gasteiger partial charge in [0.15, 0.2) is 23.7 Å². The molecule has 156 valence electrons. The van der Waals surface area contributed by atoms with Crippen LogP contribution in [0.2, 0.25) is 0 Å². The molecule has 0 bridgehead atoms. The molecular formula is C21H24F2N2O4. The Bertz CT molecular complexity index is 837. The lowest BCUT2D eigenvalue weighted by Gasteiger charge is -2.30. The van der Waals surface area contributed by atoms with Crippen molar-refractivity contribution in [1.29, 1.82) is 0 Å². The summed E-state index contributed by atoms with van der Waals surface area (Å²) < 4.78 is 40.5. The van der Waals surface area contributed by atoms with Gasteiger partial charge < -0.3 is 14.6 Å². The Labute approximate surface area is 167 Å². The zero-order valence-corrected chi connectivity index (χ0v) is 16.2. The zero-order chi connectivity index (χ0) is 20.8. The van der Waals surface area contributed by atoms with Crippen molar-refractivity contribution in [2.45, 2.75) is 45.3 Å². The van der Waals surface area contributed by atoms with Gasteiger partial charge in [-0.3, -0.25) is 0 Å². The minimum absolute atomic E-state index is 0.0159. The van der Waals surface area contributed by atoms with Crippen LogP contribution in [0.3, 0.4) is 0 Å². The fourth-order valence-electron chi connectivity index (χ4n) is 3.25. The molecule has 0 unspecified atom stereocenters. The number of carboxylic acids is 1. The number of halogens is 2. The minimum Gasteiger partial charge on any atom is -0.478 e. The lowest BCUT2D eigenvalue weighted by Crippen LogP contribution is -2.27. The molecule has 0 saturated carbocycles. The minimum atomic E-state index is -1.20. The van der Waals surface area contributed by atoms with E-state index in [1.165, 1.54) is 31.4 Å². The van der Waals surface area contributed by atoms with E-state index >= 15 is 0 Å². The van der Waals surface area contributed by atoms with Gasteiger partial charge in [0.05, 0.1) is 24.3 Å². The summed E-state index contributed by atoms with van der Waals surface area (Å²) >= 11 is 0. The number of hydrogen-bond donors (Lipinski definition) is 1. The second kappa shape index (κ2) is 9.84. The van der Waals surface area contributed by atoms with Crippen molar-refractivity contribution in [3.63, 3.8) is 0 Å². The van der Waals surface area contributed by atoms with Crippen molar-refractivity contribution in [3.8, 4) is 11.4 Å². The van der Waals surface area contributed by atoms with Crippen molar-refractivity contribution in [2.24, 2.45) is 5.92 Å². The van der Waals surface area contributed by atoms with Crippen LogP contribution in [0.1, 0.15) is 61.2 Å². The maximum atomic E-state index is 14.6. The summed E-state index contributed by atoms with van der Waals surface area (Å²) in [4.78, 5) is 18.5. The Kier molecular flexibility index (Phi) is 7.22. The molecule has 1 aliphatic rings. The van der Waals surface area contributed by atoms with Crippen LogP contribution in [0.15, 0.2) is 24.5 Å². The van der Waals surface area contributed by atoms with Crippen molar-refractivity contribution >= 4 is 5.97 Å². The highest BCUT2D eigenvalue weighted by atomic mass is 19.2. The second-order valence-electron chi connectivity index (χ2n) is 7.14. The fourth-order valence-corrected chi connectivity index (χ4v) is 3.25. The van der Waals surface area contributed by atoms with Crippen LogP contribution >= 0.6 is 0 Å². The van der Waals surface area contributed by atoms with E-state index in [1.54, 1.807) is 0 Å². The average molecular weight is 406 g/mol. The maximum absolute atomic E-state index is 14.6. The highest BCUT2D eigenvalue weighted by molar-refractivity contribution is 5.86. The smallest absolute Gasteiger partial charge is 0.338 e. The number of nitrogens with zero attached hydrogens (tertiary/aromatic N) is 2. The summed E-state index contributed by atoms with van der Waals surface area (Å²) in [5, 5.41) is 8.87. The second-order valence-corrected chi connectivity index (χ2v) is 7.14. The van der Waals surface area contributed by atoms with Gasteiger partial charge in [0.1, 0.15) is 0 Å². The molecule has 1 aromatic carbocycles. The number of carbonyl (C=O) groups is 1. The molecule has 0 radical (unpaired) electrons. The van der Waals surface area contributed by atoms with Crippen molar-refractivity contribution < 1.29 is 28.2 Å². The van der Waals surface area contributed by atoms with Crippen LogP contribution in [0.5, 0.6) is 0 Å². The normalized spacial score (nSPS) is 19.3. The number of hydrogen-bond acceptors (Lipinski definition) is 5. The highest BCUT2D eigenvalue weighted by Gasteiger charge is 2.28. The molecule has 8 heteroatoms. The van der Waals surface area contributed by atoms with Crippen molar-refractivity contribution in [2.75, 3.05) is 13.2 Å². The topological polar surface area (TPSA) is 81.5 Å². The standard InChI is InChI=1S/C21H24F2N2O4/c1-2-3-4-5-6-13-11-28-21(29-12-13)16-8-7-15(17(22)18(16)23)19-24-9-14(10-25-19)20(26)27/h7-10,13,21H,2-6,11-12H2,1H3,(H,26,27). The fraction of sp³-hybridized carbons (Fsp3) is 0.476. The van der Waals surface area contributed by atoms with Gasteiger partial charge in [0.25, 0.3) is 0 Å². The Hall–Kier alpha value is -2.45. The van der Waals surface area contributed by atoms with Gasteiger partial charge in [0.2, 0.25) is 0 Å². The monoisotopic (exact) mass is 406 g/mol. The number of unbranched alkanes of at least 4 members (excludes halogenated alkanes) is 3. The van der Waals surface area contributed by atoms with E-state index in [0.29, 0.717) is 13.2 Å². The molecule has 1 saturated heterocycles. The van der Waals surface area contributed by atoms with E-state index in [9.17, 15) is 13.6 Å². The molecule has 1 fully saturated rings. The number of rotatable bonds is 8. The first-order chi connectivity index (χ1) is 14.0.